The minimum absolute atomic E-state index is 0.194. The molecular formula is C30H57NO6S2. The number of hydrogen-bond donors (Lipinski definition) is 2. The molecule has 9 heteroatoms. The Morgan fingerprint density at radius 2 is 1.51 bits per heavy atom. The van der Waals surface area contributed by atoms with Gasteiger partial charge in [-0.25, -0.2) is 0 Å². The van der Waals surface area contributed by atoms with Gasteiger partial charge in [0.2, 0.25) is 0 Å². The van der Waals surface area contributed by atoms with E-state index in [0.717, 1.165) is 11.5 Å². The van der Waals surface area contributed by atoms with Crippen LogP contribution in [0.4, 0.5) is 0 Å². The van der Waals surface area contributed by atoms with Crippen LogP contribution in [-0.4, -0.2) is 57.2 Å². The van der Waals surface area contributed by atoms with E-state index in [1.807, 2.05) is 24.6 Å². The molecule has 1 aromatic rings. The first-order valence-electron chi connectivity index (χ1n) is 15.4. The fourth-order valence-corrected chi connectivity index (χ4v) is 6.17. The van der Waals surface area contributed by atoms with Crippen LogP contribution in [0.25, 0.3) is 0 Å². The predicted molar refractivity (Wildman–Crippen MR) is 164 cm³/mol. The summed E-state index contributed by atoms with van der Waals surface area (Å²) in [4.78, 5) is 0. The van der Waals surface area contributed by atoms with E-state index in [0.29, 0.717) is 19.6 Å². The zero-order valence-corrected chi connectivity index (χ0v) is 26.8. The van der Waals surface area contributed by atoms with Crippen LogP contribution in [0.5, 0.6) is 11.5 Å². The normalized spacial score (nSPS) is 15.7. The maximum Gasteiger partial charge on any atom is 0.267 e. The summed E-state index contributed by atoms with van der Waals surface area (Å²) in [6, 6.07) is 0. The summed E-state index contributed by atoms with van der Waals surface area (Å²) < 4.78 is 48.6. The van der Waals surface area contributed by atoms with Crippen LogP contribution in [0.15, 0.2) is 10.8 Å². The Hall–Kier alpha value is -0.870. The zero-order chi connectivity index (χ0) is 28.8. The van der Waals surface area contributed by atoms with Crippen LogP contribution in [0, 0.1) is 5.92 Å². The molecule has 2 atom stereocenters. The van der Waals surface area contributed by atoms with Crippen LogP contribution < -0.4 is 14.8 Å². The molecule has 1 aliphatic rings. The number of nitrogens with one attached hydrogen (secondary N) is 1. The molecule has 0 fully saturated rings. The molecule has 0 radical (unpaired) electrons. The van der Waals surface area contributed by atoms with Gasteiger partial charge in [0.15, 0.2) is 17.6 Å². The standard InChI is InChI=1S/C16H35N.C14H22O6S2/c1-3-5-7-9-11-13-15-17-16-14-12-10-8-6-4-2;1-10(2)5-12(22(15,16)17)3-4-18-6-11-7-19-13-8-21-9-14(13)20-11/h17H,3-16H2,1-2H3;8-12H,3-7H2,1-2H3,(H,15,16,17). The van der Waals surface area contributed by atoms with E-state index in [1.54, 1.807) is 0 Å². The van der Waals surface area contributed by atoms with Gasteiger partial charge >= 0.3 is 0 Å². The van der Waals surface area contributed by atoms with Crippen LogP contribution in [0.3, 0.4) is 0 Å². The Bertz CT molecular complexity index is 785. The fourth-order valence-electron chi connectivity index (χ4n) is 4.47. The lowest BCUT2D eigenvalue weighted by atomic mass is 10.1. The average molecular weight is 592 g/mol. The van der Waals surface area contributed by atoms with Crippen molar-refractivity contribution in [2.45, 2.75) is 129 Å². The summed E-state index contributed by atoms with van der Waals surface area (Å²) >= 11 is 1.51. The Morgan fingerprint density at radius 1 is 0.949 bits per heavy atom. The molecule has 0 saturated heterocycles. The van der Waals surface area contributed by atoms with Gasteiger partial charge in [0, 0.05) is 17.4 Å². The summed E-state index contributed by atoms with van der Waals surface area (Å²) in [6.07, 6.45) is 17.4. The van der Waals surface area contributed by atoms with Crippen LogP contribution in [0.1, 0.15) is 118 Å². The molecule has 0 saturated carbocycles. The predicted octanol–water partition coefficient (Wildman–Crippen LogP) is 7.89. The number of fused-ring (bicyclic) bond motifs is 1. The molecule has 0 spiro atoms. The minimum atomic E-state index is -4.03. The SMILES string of the molecule is CC(C)CC(CCOCC1COc2cscc2O1)S(=O)(=O)O.CCCCCCCCNCCCCCCCC. The summed E-state index contributed by atoms with van der Waals surface area (Å²) in [5.74, 6) is 1.67. The first kappa shape index (κ1) is 36.2. The van der Waals surface area contributed by atoms with Crippen molar-refractivity contribution in [3.8, 4) is 11.5 Å². The van der Waals surface area contributed by atoms with Crippen LogP contribution in [0.2, 0.25) is 0 Å². The molecule has 2 N–H and O–H groups in total. The highest BCUT2D eigenvalue weighted by atomic mass is 32.2. The van der Waals surface area contributed by atoms with Crippen molar-refractivity contribution in [1.29, 1.82) is 0 Å². The second-order valence-corrected chi connectivity index (χ2v) is 13.5. The molecule has 7 nitrogen and oxygen atoms in total. The van der Waals surface area contributed by atoms with Gasteiger partial charge in [0.25, 0.3) is 10.1 Å². The Kier molecular flexibility index (Phi) is 21.1. The maximum atomic E-state index is 11.3. The van der Waals surface area contributed by atoms with Gasteiger partial charge in [-0.15, -0.1) is 11.3 Å². The molecule has 1 aliphatic heterocycles. The highest BCUT2D eigenvalue weighted by Crippen LogP contribution is 2.35. The van der Waals surface area contributed by atoms with Gasteiger partial charge in [-0.1, -0.05) is 91.9 Å². The number of unbranched alkanes of at least 4 members (excludes halogenated alkanes) is 10. The van der Waals surface area contributed by atoms with Gasteiger partial charge in [-0.05, 0) is 44.7 Å². The van der Waals surface area contributed by atoms with Crippen molar-refractivity contribution in [2.24, 2.45) is 5.92 Å². The first-order chi connectivity index (χ1) is 18.8. The molecular weight excluding hydrogens is 534 g/mol. The summed E-state index contributed by atoms with van der Waals surface area (Å²) in [5, 5.41) is 6.55. The van der Waals surface area contributed by atoms with Gasteiger partial charge in [0.1, 0.15) is 6.61 Å². The fraction of sp³-hybridized carbons (Fsp3) is 0.867. The lowest BCUT2D eigenvalue weighted by Gasteiger charge is -2.24. The van der Waals surface area contributed by atoms with Crippen LogP contribution in [-0.2, 0) is 14.9 Å². The van der Waals surface area contributed by atoms with E-state index in [-0.39, 0.29) is 25.0 Å². The van der Waals surface area contributed by atoms with Gasteiger partial charge < -0.3 is 19.5 Å². The molecule has 2 unspecified atom stereocenters. The molecule has 0 amide bonds. The molecule has 39 heavy (non-hydrogen) atoms. The lowest BCUT2D eigenvalue weighted by Crippen LogP contribution is -2.33. The van der Waals surface area contributed by atoms with Crippen molar-refractivity contribution in [3.63, 3.8) is 0 Å². The third-order valence-corrected chi connectivity index (χ3v) is 8.74. The first-order valence-corrected chi connectivity index (χ1v) is 17.8. The third kappa shape index (κ3) is 19.0. The second-order valence-electron chi connectivity index (χ2n) is 11.1. The molecule has 0 bridgehead atoms. The quantitative estimate of drug-likeness (QED) is 0.105. The smallest absolute Gasteiger partial charge is 0.267 e. The molecule has 230 valence electrons. The van der Waals surface area contributed by atoms with Crippen molar-refractivity contribution >= 4 is 21.5 Å². The van der Waals surface area contributed by atoms with E-state index in [1.165, 1.54) is 101 Å². The zero-order valence-electron chi connectivity index (χ0n) is 25.1. The number of thiophene rings is 1. The highest BCUT2D eigenvalue weighted by Gasteiger charge is 2.25. The summed E-state index contributed by atoms with van der Waals surface area (Å²) in [7, 11) is -4.03. The number of hydrogen-bond acceptors (Lipinski definition) is 7. The van der Waals surface area contributed by atoms with E-state index in [4.69, 9.17) is 14.2 Å². The molecule has 2 heterocycles. The Labute approximate surface area is 243 Å². The molecule has 0 aliphatic carbocycles. The Morgan fingerprint density at radius 3 is 2.08 bits per heavy atom. The molecule has 1 aromatic heterocycles. The van der Waals surface area contributed by atoms with Crippen LogP contribution >= 0.6 is 11.3 Å². The summed E-state index contributed by atoms with van der Waals surface area (Å²) in [5.41, 5.74) is 0. The van der Waals surface area contributed by atoms with Gasteiger partial charge in [0.05, 0.1) is 11.9 Å². The topological polar surface area (TPSA) is 94.1 Å². The largest absolute Gasteiger partial charge is 0.485 e. The highest BCUT2D eigenvalue weighted by molar-refractivity contribution is 7.86. The van der Waals surface area contributed by atoms with E-state index in [2.05, 4.69) is 19.2 Å². The van der Waals surface area contributed by atoms with Crippen molar-refractivity contribution in [1.82, 2.24) is 5.32 Å². The van der Waals surface area contributed by atoms with E-state index in [9.17, 15) is 13.0 Å². The van der Waals surface area contributed by atoms with Gasteiger partial charge in [-0.2, -0.15) is 8.42 Å². The average Bonchev–Trinajstić information content (AvgIpc) is 3.36. The number of rotatable bonds is 22. The monoisotopic (exact) mass is 591 g/mol. The minimum Gasteiger partial charge on any atom is -0.485 e. The van der Waals surface area contributed by atoms with Gasteiger partial charge in [-0.3, -0.25) is 4.55 Å². The lowest BCUT2D eigenvalue weighted by molar-refractivity contribution is 0.00839. The van der Waals surface area contributed by atoms with Crippen molar-refractivity contribution in [2.75, 3.05) is 32.9 Å². The second kappa shape index (κ2) is 22.8. The maximum absolute atomic E-state index is 11.3. The molecule has 0 aromatic carbocycles. The van der Waals surface area contributed by atoms with E-state index >= 15 is 0 Å². The molecule has 2 rings (SSSR count). The van der Waals surface area contributed by atoms with Crippen molar-refractivity contribution < 1.29 is 27.2 Å². The Balaban J connectivity index is 0.000000406. The third-order valence-electron chi connectivity index (χ3n) is 6.77. The number of ether oxygens (including phenoxy) is 3. The summed E-state index contributed by atoms with van der Waals surface area (Å²) in [6.45, 7) is 11.9. The van der Waals surface area contributed by atoms with Crippen molar-refractivity contribution in [3.05, 3.63) is 10.8 Å². The van der Waals surface area contributed by atoms with E-state index < -0.39 is 15.4 Å².